The number of fused-ring (bicyclic) bond motifs is 1. The number of piperidine rings is 1. The van der Waals surface area contributed by atoms with Crippen molar-refractivity contribution >= 4 is 23.0 Å². The maximum absolute atomic E-state index is 11.2. The zero-order valence-electron chi connectivity index (χ0n) is 18.3. The van der Waals surface area contributed by atoms with Crippen LogP contribution in [0.1, 0.15) is 25.5 Å². The third kappa shape index (κ3) is 5.23. The van der Waals surface area contributed by atoms with Gasteiger partial charge in [0.25, 0.3) is 0 Å². The third-order valence-electron chi connectivity index (χ3n) is 6.43. The van der Waals surface area contributed by atoms with Gasteiger partial charge in [-0.05, 0) is 38.3 Å². The smallest absolute Gasteiger partial charge is 0.320 e. The average molecular weight is 465 g/mol. The minimum atomic E-state index is -1.21. The Labute approximate surface area is 190 Å². The molecule has 0 spiro atoms. The molecule has 0 radical (unpaired) electrons. The van der Waals surface area contributed by atoms with E-state index < -0.39 is 36.6 Å². The molecule has 4 heterocycles. The highest BCUT2D eigenvalue weighted by Crippen LogP contribution is 2.32. The van der Waals surface area contributed by atoms with Gasteiger partial charge in [-0.15, -0.1) is 0 Å². The minimum absolute atomic E-state index is 0.213. The van der Waals surface area contributed by atoms with Gasteiger partial charge >= 0.3 is 5.97 Å². The highest BCUT2D eigenvalue weighted by Gasteiger charge is 2.45. The van der Waals surface area contributed by atoms with Gasteiger partial charge in [0.1, 0.15) is 36.2 Å². The summed E-state index contributed by atoms with van der Waals surface area (Å²) in [5.74, 6) is -0.433. The van der Waals surface area contributed by atoms with Crippen LogP contribution in [0, 0.1) is 5.92 Å². The summed E-state index contributed by atoms with van der Waals surface area (Å²) >= 11 is 0. The number of rotatable bonds is 9. The van der Waals surface area contributed by atoms with E-state index in [-0.39, 0.29) is 12.2 Å². The molecule has 6 atom stereocenters. The van der Waals surface area contributed by atoms with Gasteiger partial charge in [-0.1, -0.05) is 0 Å². The van der Waals surface area contributed by atoms with Crippen LogP contribution >= 0.6 is 0 Å². The summed E-state index contributed by atoms with van der Waals surface area (Å²) in [6.45, 7) is 3.34. The van der Waals surface area contributed by atoms with Crippen molar-refractivity contribution in [1.29, 1.82) is 0 Å². The summed E-state index contributed by atoms with van der Waals surface area (Å²) in [6, 6.07) is -0.966. The lowest BCUT2D eigenvalue weighted by Gasteiger charge is -2.32. The summed E-state index contributed by atoms with van der Waals surface area (Å²) in [6.07, 6.45) is 1.22. The predicted molar refractivity (Wildman–Crippen MR) is 118 cm³/mol. The van der Waals surface area contributed by atoms with E-state index in [0.717, 1.165) is 25.9 Å². The Morgan fingerprint density at radius 3 is 2.85 bits per heavy atom. The number of aliphatic hydroxyl groups is 2. The van der Waals surface area contributed by atoms with Gasteiger partial charge in [0.05, 0.1) is 6.33 Å². The number of nitrogen functional groups attached to an aromatic ring is 1. The number of hydrogen-bond acceptors (Lipinski definition) is 11. The summed E-state index contributed by atoms with van der Waals surface area (Å²) in [5.41, 5.74) is 12.4. The molecule has 13 heteroatoms. The second-order valence-electron chi connectivity index (χ2n) is 8.83. The molecule has 2 saturated heterocycles. The van der Waals surface area contributed by atoms with Gasteiger partial charge < -0.3 is 41.7 Å². The van der Waals surface area contributed by atoms with Gasteiger partial charge in [0.15, 0.2) is 17.7 Å². The number of aliphatic hydroxyl groups excluding tert-OH is 2. The molecule has 182 valence electrons. The van der Waals surface area contributed by atoms with Crippen molar-refractivity contribution in [3.63, 3.8) is 0 Å². The Kier molecular flexibility index (Phi) is 7.36. The fourth-order valence-electron chi connectivity index (χ4n) is 4.57. The largest absolute Gasteiger partial charge is 0.480 e. The quantitative estimate of drug-likeness (QED) is 0.242. The molecule has 0 aromatic carbocycles. The third-order valence-corrected chi connectivity index (χ3v) is 6.43. The predicted octanol–water partition coefficient (Wildman–Crippen LogP) is -1.87. The van der Waals surface area contributed by atoms with Crippen LogP contribution in [-0.4, -0.2) is 103 Å². The lowest BCUT2D eigenvalue weighted by Crippen LogP contribution is -2.46. The number of anilines is 1. The zero-order chi connectivity index (χ0) is 23.5. The molecule has 2 aromatic heterocycles. The molecule has 2 aromatic rings. The Balaban J connectivity index is 1.47. The van der Waals surface area contributed by atoms with Crippen LogP contribution in [0.4, 0.5) is 5.82 Å². The van der Waals surface area contributed by atoms with Crippen molar-refractivity contribution in [2.45, 2.75) is 49.8 Å². The van der Waals surface area contributed by atoms with Gasteiger partial charge in [-0.25, -0.2) is 15.0 Å². The number of nitrogens with zero attached hydrogens (tertiary/aromatic N) is 5. The molecule has 1 unspecified atom stereocenters. The average Bonchev–Trinajstić information content (AvgIpc) is 3.35. The van der Waals surface area contributed by atoms with E-state index in [9.17, 15) is 15.0 Å². The minimum Gasteiger partial charge on any atom is -0.480 e. The molecule has 2 fully saturated rings. The van der Waals surface area contributed by atoms with Crippen molar-refractivity contribution in [1.82, 2.24) is 29.7 Å². The van der Waals surface area contributed by atoms with Crippen molar-refractivity contribution < 1.29 is 24.9 Å². The van der Waals surface area contributed by atoms with E-state index in [0.29, 0.717) is 36.7 Å². The zero-order valence-corrected chi connectivity index (χ0v) is 18.3. The second kappa shape index (κ2) is 10.2. The molecule has 33 heavy (non-hydrogen) atoms. The molecule has 0 aliphatic carbocycles. The van der Waals surface area contributed by atoms with Crippen LogP contribution in [0.25, 0.3) is 11.2 Å². The first-order chi connectivity index (χ1) is 15.8. The van der Waals surface area contributed by atoms with Crippen molar-refractivity contribution in [2.75, 3.05) is 38.5 Å². The van der Waals surface area contributed by atoms with E-state index in [4.69, 9.17) is 21.3 Å². The monoisotopic (exact) mass is 464 g/mol. The van der Waals surface area contributed by atoms with Gasteiger partial charge in [-0.3, -0.25) is 9.36 Å². The van der Waals surface area contributed by atoms with Gasteiger partial charge in [0.2, 0.25) is 0 Å². The summed E-state index contributed by atoms with van der Waals surface area (Å²) in [5, 5.41) is 34.0. The number of aliphatic carboxylic acids is 1. The number of aromatic nitrogens is 4. The molecule has 2 aliphatic rings. The van der Waals surface area contributed by atoms with Crippen molar-refractivity contribution in [3.8, 4) is 0 Å². The van der Waals surface area contributed by atoms with E-state index in [1.807, 2.05) is 0 Å². The number of nitrogens with one attached hydrogen (secondary N) is 1. The fraction of sp³-hybridized carbons (Fsp3) is 0.700. The second-order valence-corrected chi connectivity index (χ2v) is 8.83. The summed E-state index contributed by atoms with van der Waals surface area (Å²) in [4.78, 5) is 25.5. The highest BCUT2D eigenvalue weighted by atomic mass is 16.6. The van der Waals surface area contributed by atoms with Crippen molar-refractivity contribution in [3.05, 3.63) is 12.7 Å². The van der Waals surface area contributed by atoms with Crippen molar-refractivity contribution in [2.24, 2.45) is 11.7 Å². The maximum atomic E-state index is 11.2. The SMILES string of the molecule is Nc1ncnc2c1ncn2[C@@H]1O[C@H](CN(CC[C@H](N)C(=O)O)CC2CCCNC2)[C@@H](O)[C@H]1O. The molecule has 8 N–H and O–H groups in total. The highest BCUT2D eigenvalue weighted by molar-refractivity contribution is 5.81. The Morgan fingerprint density at radius 2 is 2.12 bits per heavy atom. The molecule has 4 rings (SSSR count). The van der Waals surface area contributed by atoms with Crippen LogP contribution in [-0.2, 0) is 9.53 Å². The number of carboxylic acids is 1. The number of ether oxygens (including phenoxy) is 1. The van der Waals surface area contributed by atoms with Gasteiger partial charge in [0, 0.05) is 19.6 Å². The van der Waals surface area contributed by atoms with E-state index in [1.165, 1.54) is 17.2 Å². The molecule has 0 saturated carbocycles. The number of carbonyl (C=O) groups is 1. The first-order valence-electron chi connectivity index (χ1n) is 11.2. The number of carboxylic acid groups (broad SMARTS) is 1. The topological polar surface area (TPSA) is 198 Å². The molecule has 0 amide bonds. The van der Waals surface area contributed by atoms with Crippen LogP contribution < -0.4 is 16.8 Å². The summed E-state index contributed by atoms with van der Waals surface area (Å²) in [7, 11) is 0. The number of nitrogens with two attached hydrogens (primary N) is 2. The summed E-state index contributed by atoms with van der Waals surface area (Å²) < 4.78 is 7.61. The molecular weight excluding hydrogens is 432 g/mol. The standard InChI is InChI=1S/C20H32N8O5/c21-12(20(31)32)3-5-27(7-11-2-1-4-23-6-11)8-13-15(29)16(30)19(33-13)28-10-26-14-17(22)24-9-25-18(14)28/h9-13,15-16,19,23,29-30H,1-8,21H2,(H,31,32)(H2,22,24,25)/t11?,12-,13+,15+,16+,19+/m0/s1. The Hall–Kier alpha value is -2.42. The van der Waals surface area contributed by atoms with E-state index in [1.54, 1.807) is 0 Å². The normalized spacial score (nSPS) is 29.0. The van der Waals surface area contributed by atoms with Crippen LogP contribution in [0.3, 0.4) is 0 Å². The Bertz CT molecular complexity index is 952. The van der Waals surface area contributed by atoms with E-state index in [2.05, 4.69) is 25.2 Å². The lowest BCUT2D eigenvalue weighted by atomic mass is 9.98. The first-order valence-corrected chi connectivity index (χ1v) is 11.2. The number of hydrogen-bond donors (Lipinski definition) is 6. The van der Waals surface area contributed by atoms with Crippen LogP contribution in [0.5, 0.6) is 0 Å². The molecule has 0 bridgehead atoms. The molecule has 2 aliphatic heterocycles. The Morgan fingerprint density at radius 1 is 1.30 bits per heavy atom. The maximum Gasteiger partial charge on any atom is 0.320 e. The van der Waals surface area contributed by atoms with E-state index >= 15 is 0 Å². The fourth-order valence-corrected chi connectivity index (χ4v) is 4.57. The number of imidazole rings is 1. The first kappa shape index (κ1) is 23.7. The van der Waals surface area contributed by atoms with Crippen LogP contribution in [0.15, 0.2) is 12.7 Å². The van der Waals surface area contributed by atoms with Gasteiger partial charge in [-0.2, -0.15) is 0 Å². The lowest BCUT2D eigenvalue weighted by molar-refractivity contribution is -0.138. The van der Waals surface area contributed by atoms with Crippen LogP contribution in [0.2, 0.25) is 0 Å². The molecule has 13 nitrogen and oxygen atoms in total. The molecular formula is C20H32N8O5.